The average molecular weight is 391 g/mol. The minimum Gasteiger partial charge on any atom is -0.508 e. The number of rotatable bonds is 6. The van der Waals surface area contributed by atoms with E-state index in [2.05, 4.69) is 15.4 Å². The van der Waals surface area contributed by atoms with E-state index in [4.69, 9.17) is 11.6 Å². The first-order valence-corrected chi connectivity index (χ1v) is 8.44. The van der Waals surface area contributed by atoms with Crippen LogP contribution in [-0.2, 0) is 16.1 Å². The Bertz CT molecular complexity index is 869. The molecule has 0 aromatic heterocycles. The Morgan fingerprint density at radius 3 is 2.52 bits per heavy atom. The third-order valence-corrected chi connectivity index (χ3v) is 4.05. The van der Waals surface area contributed by atoms with Crippen molar-refractivity contribution in [3.63, 3.8) is 0 Å². The standard InChI is InChI=1S/C19H19ClN2O5/c1-11(19(26)27-2)22-18(25)15-7-6-13(9-16(15)20)17(24)21-10-12-4-3-5-14(23)8-12/h3-9,11,23H,10H2,1-2H3,(H,21,24)(H,22,25)/t11-/m0/s1. The molecule has 0 saturated heterocycles. The summed E-state index contributed by atoms with van der Waals surface area (Å²) in [4.78, 5) is 35.8. The molecule has 0 bridgehead atoms. The molecule has 0 spiro atoms. The highest BCUT2D eigenvalue weighted by Gasteiger charge is 2.19. The van der Waals surface area contributed by atoms with Gasteiger partial charge in [0.25, 0.3) is 11.8 Å². The lowest BCUT2D eigenvalue weighted by molar-refractivity contribution is -0.142. The van der Waals surface area contributed by atoms with Gasteiger partial charge in [-0.15, -0.1) is 0 Å². The molecule has 0 aliphatic rings. The van der Waals surface area contributed by atoms with Crippen LogP contribution in [0.2, 0.25) is 5.02 Å². The molecule has 142 valence electrons. The Balaban J connectivity index is 2.03. The van der Waals surface area contributed by atoms with Crippen molar-refractivity contribution in [3.8, 4) is 5.75 Å². The summed E-state index contributed by atoms with van der Waals surface area (Å²) in [6.07, 6.45) is 0. The molecular formula is C19H19ClN2O5. The summed E-state index contributed by atoms with van der Waals surface area (Å²) in [5.41, 5.74) is 1.15. The predicted molar refractivity (Wildman–Crippen MR) is 99.7 cm³/mol. The van der Waals surface area contributed by atoms with Crippen LogP contribution in [0.1, 0.15) is 33.2 Å². The lowest BCUT2D eigenvalue weighted by Crippen LogP contribution is -2.39. The van der Waals surface area contributed by atoms with Crippen LogP contribution in [0.5, 0.6) is 5.75 Å². The molecule has 8 heteroatoms. The van der Waals surface area contributed by atoms with E-state index >= 15 is 0 Å². The van der Waals surface area contributed by atoms with Crippen molar-refractivity contribution in [2.24, 2.45) is 0 Å². The van der Waals surface area contributed by atoms with Crippen LogP contribution in [0.3, 0.4) is 0 Å². The fraction of sp³-hybridized carbons (Fsp3) is 0.211. The van der Waals surface area contributed by atoms with Crippen molar-refractivity contribution in [1.29, 1.82) is 0 Å². The maximum atomic E-state index is 12.2. The van der Waals surface area contributed by atoms with Crippen molar-refractivity contribution in [3.05, 3.63) is 64.2 Å². The zero-order valence-corrected chi connectivity index (χ0v) is 15.5. The van der Waals surface area contributed by atoms with Gasteiger partial charge in [0.05, 0.1) is 17.7 Å². The third-order valence-electron chi connectivity index (χ3n) is 3.74. The number of nitrogens with one attached hydrogen (secondary N) is 2. The first-order chi connectivity index (χ1) is 12.8. The molecule has 0 radical (unpaired) electrons. The van der Waals surface area contributed by atoms with E-state index in [-0.39, 0.29) is 34.4 Å². The van der Waals surface area contributed by atoms with Crippen molar-refractivity contribution >= 4 is 29.4 Å². The number of phenolic OH excluding ortho intramolecular Hbond substituents is 1. The molecule has 2 aromatic rings. The van der Waals surface area contributed by atoms with Gasteiger partial charge in [-0.25, -0.2) is 4.79 Å². The highest BCUT2D eigenvalue weighted by Crippen LogP contribution is 2.18. The average Bonchev–Trinajstić information content (AvgIpc) is 2.65. The number of hydrogen-bond donors (Lipinski definition) is 3. The zero-order chi connectivity index (χ0) is 20.0. The second-order valence-corrected chi connectivity index (χ2v) is 6.17. The van der Waals surface area contributed by atoms with Gasteiger partial charge in [-0.2, -0.15) is 0 Å². The number of carbonyl (C=O) groups is 3. The summed E-state index contributed by atoms with van der Waals surface area (Å²) in [5.74, 6) is -1.40. The van der Waals surface area contributed by atoms with Gasteiger partial charge in [0.1, 0.15) is 11.8 Å². The zero-order valence-electron chi connectivity index (χ0n) is 14.8. The molecular weight excluding hydrogens is 372 g/mol. The number of carbonyl (C=O) groups excluding carboxylic acids is 3. The number of esters is 1. The maximum Gasteiger partial charge on any atom is 0.328 e. The van der Waals surface area contributed by atoms with E-state index in [1.807, 2.05) is 0 Å². The van der Waals surface area contributed by atoms with Crippen LogP contribution < -0.4 is 10.6 Å². The second kappa shape index (κ2) is 9.05. The molecule has 0 aliphatic heterocycles. The lowest BCUT2D eigenvalue weighted by Gasteiger charge is -2.13. The van der Waals surface area contributed by atoms with Crippen molar-refractivity contribution in [2.45, 2.75) is 19.5 Å². The van der Waals surface area contributed by atoms with Crippen LogP contribution in [-0.4, -0.2) is 36.0 Å². The van der Waals surface area contributed by atoms with Crippen LogP contribution in [0, 0.1) is 0 Å². The Kier molecular flexibility index (Phi) is 6.79. The molecule has 0 heterocycles. The Labute approximate surface area is 161 Å². The molecule has 0 fully saturated rings. The van der Waals surface area contributed by atoms with Crippen molar-refractivity contribution in [1.82, 2.24) is 10.6 Å². The van der Waals surface area contributed by atoms with Gasteiger partial charge < -0.3 is 20.5 Å². The molecule has 3 N–H and O–H groups in total. The number of hydrogen-bond acceptors (Lipinski definition) is 5. The smallest absolute Gasteiger partial charge is 0.328 e. The molecule has 0 saturated carbocycles. The van der Waals surface area contributed by atoms with Crippen LogP contribution >= 0.6 is 11.6 Å². The van der Waals surface area contributed by atoms with Gasteiger partial charge in [0.2, 0.25) is 0 Å². The molecule has 0 aliphatic carbocycles. The number of aromatic hydroxyl groups is 1. The molecule has 1 atom stereocenters. The van der Waals surface area contributed by atoms with Gasteiger partial charge in [-0.1, -0.05) is 23.7 Å². The van der Waals surface area contributed by atoms with Crippen LogP contribution in [0.25, 0.3) is 0 Å². The minimum atomic E-state index is -0.830. The Morgan fingerprint density at radius 1 is 1.15 bits per heavy atom. The first-order valence-electron chi connectivity index (χ1n) is 8.06. The van der Waals surface area contributed by atoms with E-state index in [0.29, 0.717) is 0 Å². The summed E-state index contributed by atoms with van der Waals surface area (Å²) in [6.45, 7) is 1.71. The SMILES string of the molecule is COC(=O)[C@H](C)NC(=O)c1ccc(C(=O)NCc2cccc(O)c2)cc1Cl. The van der Waals surface area contributed by atoms with Crippen molar-refractivity contribution < 1.29 is 24.2 Å². The quantitative estimate of drug-likeness (QED) is 0.656. The highest BCUT2D eigenvalue weighted by molar-refractivity contribution is 6.34. The van der Waals surface area contributed by atoms with Gasteiger partial charge in [0.15, 0.2) is 0 Å². The summed E-state index contributed by atoms with van der Waals surface area (Å²) in [7, 11) is 1.22. The van der Waals surface area contributed by atoms with E-state index in [0.717, 1.165) is 5.56 Å². The van der Waals surface area contributed by atoms with Crippen molar-refractivity contribution in [2.75, 3.05) is 7.11 Å². The van der Waals surface area contributed by atoms with Gasteiger partial charge >= 0.3 is 5.97 Å². The fourth-order valence-corrected chi connectivity index (χ4v) is 2.57. The summed E-state index contributed by atoms with van der Waals surface area (Å²) >= 11 is 6.11. The molecule has 2 amide bonds. The molecule has 2 rings (SSSR count). The number of benzene rings is 2. The van der Waals surface area contributed by atoms with Crippen LogP contribution in [0.4, 0.5) is 0 Å². The Morgan fingerprint density at radius 2 is 1.89 bits per heavy atom. The molecule has 0 unspecified atom stereocenters. The summed E-state index contributed by atoms with van der Waals surface area (Å²) in [6, 6.07) is 9.94. The maximum absolute atomic E-state index is 12.2. The number of amides is 2. The molecule has 2 aromatic carbocycles. The summed E-state index contributed by atoms with van der Waals surface area (Å²) in [5, 5.41) is 14.7. The van der Waals surface area contributed by atoms with Gasteiger partial charge in [0, 0.05) is 12.1 Å². The predicted octanol–water partition coefficient (Wildman–Crippen LogP) is 2.27. The normalized spacial score (nSPS) is 11.4. The van der Waals surface area contributed by atoms with E-state index in [1.165, 1.54) is 38.3 Å². The lowest BCUT2D eigenvalue weighted by atomic mass is 10.1. The van der Waals surface area contributed by atoms with E-state index in [9.17, 15) is 19.5 Å². The van der Waals surface area contributed by atoms with E-state index in [1.54, 1.807) is 18.2 Å². The number of ether oxygens (including phenoxy) is 1. The third kappa shape index (κ3) is 5.46. The van der Waals surface area contributed by atoms with Crippen LogP contribution in [0.15, 0.2) is 42.5 Å². The first kappa shape index (κ1) is 20.3. The topological polar surface area (TPSA) is 105 Å². The molecule has 7 nitrogen and oxygen atoms in total. The van der Waals surface area contributed by atoms with E-state index < -0.39 is 17.9 Å². The number of halogens is 1. The molecule has 27 heavy (non-hydrogen) atoms. The Hall–Kier alpha value is -3.06. The number of methoxy groups -OCH3 is 1. The summed E-state index contributed by atoms with van der Waals surface area (Å²) < 4.78 is 4.55. The highest BCUT2D eigenvalue weighted by atomic mass is 35.5. The largest absolute Gasteiger partial charge is 0.508 e. The minimum absolute atomic E-state index is 0.0783. The van der Waals surface area contributed by atoms with Gasteiger partial charge in [-0.3, -0.25) is 9.59 Å². The fourth-order valence-electron chi connectivity index (χ4n) is 2.30. The monoisotopic (exact) mass is 390 g/mol. The second-order valence-electron chi connectivity index (χ2n) is 5.77. The van der Waals surface area contributed by atoms with Gasteiger partial charge in [-0.05, 0) is 42.8 Å². The number of phenols is 1.